The highest BCUT2D eigenvalue weighted by molar-refractivity contribution is 6.17. The zero-order chi connectivity index (χ0) is 21.5. The molecule has 3 aromatic rings. The lowest BCUT2D eigenvalue weighted by molar-refractivity contribution is -0.137. The molecule has 158 valence electrons. The summed E-state index contributed by atoms with van der Waals surface area (Å²) < 4.78 is 38.8. The quantitative estimate of drug-likeness (QED) is 0.611. The molecule has 1 aliphatic heterocycles. The zero-order valence-corrected chi connectivity index (χ0v) is 16.5. The van der Waals surface area contributed by atoms with Crippen LogP contribution in [0.3, 0.4) is 0 Å². The number of nitrogens with two attached hydrogens (primary N) is 1. The first kappa shape index (κ1) is 20.3. The average Bonchev–Trinajstić information content (AvgIpc) is 3.16. The fraction of sp³-hybridized carbons (Fsp3) is 0.316. The summed E-state index contributed by atoms with van der Waals surface area (Å²) in [6, 6.07) is 5.10. The van der Waals surface area contributed by atoms with E-state index in [2.05, 4.69) is 15.0 Å². The van der Waals surface area contributed by atoms with Crippen LogP contribution in [0.25, 0.3) is 11.0 Å². The van der Waals surface area contributed by atoms with Gasteiger partial charge >= 0.3 is 6.18 Å². The van der Waals surface area contributed by atoms with E-state index in [1.807, 2.05) is 9.80 Å². The third-order valence-electron chi connectivity index (χ3n) is 5.05. The van der Waals surface area contributed by atoms with E-state index < -0.39 is 17.6 Å². The molecule has 0 unspecified atom stereocenters. The number of alkyl halides is 4. The maximum atomic E-state index is 12.9. The van der Waals surface area contributed by atoms with Crippen LogP contribution < -0.4 is 15.5 Å². The lowest BCUT2D eigenvalue weighted by atomic mass is 10.1. The molecule has 2 aromatic heterocycles. The van der Waals surface area contributed by atoms with Crippen LogP contribution in [0.4, 0.5) is 24.9 Å². The van der Waals surface area contributed by atoms with Crippen LogP contribution in [-0.4, -0.2) is 47.0 Å². The summed E-state index contributed by atoms with van der Waals surface area (Å²) in [5.74, 6) is 0.839. The van der Waals surface area contributed by atoms with Crippen molar-refractivity contribution < 1.29 is 18.0 Å². The lowest BCUT2D eigenvalue weighted by Gasteiger charge is -2.36. The molecule has 1 aromatic carbocycles. The van der Waals surface area contributed by atoms with E-state index in [-0.39, 0.29) is 5.88 Å². The van der Waals surface area contributed by atoms with E-state index in [9.17, 15) is 18.0 Å². The molecule has 30 heavy (non-hydrogen) atoms. The Morgan fingerprint density at radius 2 is 1.87 bits per heavy atom. The standard InChI is InChI=1S/C19H18ClF3N6O/c20-9-11-7-12(16(24)30)10-25-17(11)28-3-5-29(6-4-28)18-26-14-2-1-13(19(21,22)23)8-15(14)27-18/h1-2,7-8,10H,3-6,9H2,(H2,24,30)(H,26,27). The number of pyridine rings is 1. The number of amides is 1. The number of halogens is 4. The number of fused-ring (bicyclic) bond motifs is 1. The molecule has 0 spiro atoms. The number of piperazine rings is 1. The van der Waals surface area contributed by atoms with Crippen molar-refractivity contribution in [1.82, 2.24) is 15.0 Å². The fourth-order valence-corrected chi connectivity index (χ4v) is 3.67. The molecule has 7 nitrogen and oxygen atoms in total. The summed E-state index contributed by atoms with van der Waals surface area (Å²) in [5.41, 5.74) is 6.42. The second-order valence-corrected chi connectivity index (χ2v) is 7.24. The Kier molecular flexibility index (Phi) is 5.19. The van der Waals surface area contributed by atoms with Crippen LogP contribution in [0, 0.1) is 0 Å². The number of nitrogens with zero attached hydrogens (tertiary/aromatic N) is 4. The number of anilines is 2. The smallest absolute Gasteiger partial charge is 0.366 e. The van der Waals surface area contributed by atoms with Crippen LogP contribution in [0.15, 0.2) is 30.5 Å². The fourth-order valence-electron chi connectivity index (χ4n) is 3.47. The van der Waals surface area contributed by atoms with Crippen molar-refractivity contribution in [3.63, 3.8) is 0 Å². The summed E-state index contributed by atoms with van der Waals surface area (Å²) >= 11 is 6.02. The highest BCUT2D eigenvalue weighted by atomic mass is 35.5. The monoisotopic (exact) mass is 438 g/mol. The number of aromatic nitrogens is 3. The predicted molar refractivity (Wildman–Crippen MR) is 108 cm³/mol. The maximum absolute atomic E-state index is 12.9. The number of imidazole rings is 1. The molecule has 0 atom stereocenters. The number of nitrogens with one attached hydrogen (secondary N) is 1. The third-order valence-corrected chi connectivity index (χ3v) is 5.33. The van der Waals surface area contributed by atoms with Crippen molar-refractivity contribution in [3.8, 4) is 0 Å². The van der Waals surface area contributed by atoms with Crippen LogP contribution >= 0.6 is 11.6 Å². The highest BCUT2D eigenvalue weighted by Gasteiger charge is 2.31. The Morgan fingerprint density at radius 1 is 1.17 bits per heavy atom. The normalized spacial score (nSPS) is 15.1. The molecular weight excluding hydrogens is 421 g/mol. The van der Waals surface area contributed by atoms with E-state index in [1.165, 1.54) is 12.3 Å². The first-order chi connectivity index (χ1) is 14.3. The number of H-pyrrole nitrogens is 1. The van der Waals surface area contributed by atoms with Gasteiger partial charge in [0, 0.05) is 37.9 Å². The van der Waals surface area contributed by atoms with Crippen molar-refractivity contribution >= 4 is 40.3 Å². The van der Waals surface area contributed by atoms with E-state index in [1.54, 1.807) is 6.07 Å². The second-order valence-electron chi connectivity index (χ2n) is 6.97. The molecule has 3 N–H and O–H groups in total. The first-order valence-electron chi connectivity index (χ1n) is 9.18. The Morgan fingerprint density at radius 3 is 2.50 bits per heavy atom. The molecule has 1 fully saturated rings. The number of hydrogen-bond acceptors (Lipinski definition) is 5. The highest BCUT2D eigenvalue weighted by Crippen LogP contribution is 2.32. The molecule has 3 heterocycles. The number of carbonyl (C=O) groups is 1. The van der Waals surface area contributed by atoms with E-state index in [4.69, 9.17) is 17.3 Å². The minimum atomic E-state index is -4.40. The molecule has 0 bridgehead atoms. The van der Waals surface area contributed by atoms with E-state index >= 15 is 0 Å². The van der Waals surface area contributed by atoms with Gasteiger partial charge in [0.05, 0.1) is 28.0 Å². The number of primary amides is 1. The van der Waals surface area contributed by atoms with Crippen LogP contribution in [0.1, 0.15) is 21.5 Å². The predicted octanol–water partition coefficient (Wildman–Crippen LogP) is 3.14. The van der Waals surface area contributed by atoms with Gasteiger partial charge in [0.2, 0.25) is 11.9 Å². The van der Waals surface area contributed by atoms with Gasteiger partial charge in [0.1, 0.15) is 5.82 Å². The minimum absolute atomic E-state index is 0.189. The number of rotatable bonds is 4. The summed E-state index contributed by atoms with van der Waals surface area (Å²) in [6.45, 7) is 2.40. The van der Waals surface area contributed by atoms with Gasteiger partial charge in [-0.05, 0) is 24.3 Å². The summed E-state index contributed by atoms with van der Waals surface area (Å²) in [5, 5.41) is 0. The van der Waals surface area contributed by atoms with Crippen molar-refractivity contribution in [2.24, 2.45) is 5.73 Å². The molecule has 0 saturated carbocycles. The molecular formula is C19H18ClF3N6O. The largest absolute Gasteiger partial charge is 0.416 e. The SMILES string of the molecule is NC(=O)c1cnc(N2CCN(c3nc4ccc(C(F)(F)F)cc4[nH]3)CC2)c(CCl)c1. The van der Waals surface area contributed by atoms with Gasteiger partial charge in [0.15, 0.2) is 0 Å². The molecule has 1 saturated heterocycles. The topological polar surface area (TPSA) is 91.1 Å². The van der Waals surface area contributed by atoms with Gasteiger partial charge in [-0.25, -0.2) is 9.97 Å². The third kappa shape index (κ3) is 3.87. The Bertz CT molecular complexity index is 1090. The zero-order valence-electron chi connectivity index (χ0n) is 15.7. The van der Waals surface area contributed by atoms with Crippen LogP contribution in [0.2, 0.25) is 0 Å². The average molecular weight is 439 g/mol. The molecule has 11 heteroatoms. The van der Waals surface area contributed by atoms with Crippen molar-refractivity contribution in [1.29, 1.82) is 0 Å². The summed E-state index contributed by atoms with van der Waals surface area (Å²) in [4.78, 5) is 27.1. The molecule has 1 aliphatic rings. The summed E-state index contributed by atoms with van der Waals surface area (Å²) in [6.07, 6.45) is -2.97. The Labute approximate surface area is 174 Å². The van der Waals surface area contributed by atoms with Gasteiger partial charge in [0.25, 0.3) is 0 Å². The van der Waals surface area contributed by atoms with Crippen molar-refractivity contribution in [3.05, 3.63) is 47.2 Å². The van der Waals surface area contributed by atoms with Gasteiger partial charge in [-0.3, -0.25) is 4.79 Å². The van der Waals surface area contributed by atoms with Gasteiger partial charge in [-0.1, -0.05) is 0 Å². The van der Waals surface area contributed by atoms with Gasteiger partial charge in [-0.2, -0.15) is 13.2 Å². The number of aromatic amines is 1. The van der Waals surface area contributed by atoms with Crippen LogP contribution in [0.5, 0.6) is 0 Å². The molecule has 0 aliphatic carbocycles. The first-order valence-corrected chi connectivity index (χ1v) is 9.71. The van der Waals surface area contributed by atoms with Crippen LogP contribution in [-0.2, 0) is 12.1 Å². The van der Waals surface area contributed by atoms with Crippen molar-refractivity contribution in [2.75, 3.05) is 36.0 Å². The Balaban J connectivity index is 1.50. The summed E-state index contributed by atoms with van der Waals surface area (Å²) in [7, 11) is 0. The van der Waals surface area contributed by atoms with Gasteiger partial charge in [-0.15, -0.1) is 11.6 Å². The van der Waals surface area contributed by atoms with Gasteiger partial charge < -0.3 is 20.5 Å². The second kappa shape index (κ2) is 7.67. The molecule has 4 rings (SSSR count). The molecule has 0 radical (unpaired) electrons. The minimum Gasteiger partial charge on any atom is -0.366 e. The number of benzene rings is 1. The number of hydrogen-bond donors (Lipinski definition) is 2. The molecule has 1 amide bonds. The maximum Gasteiger partial charge on any atom is 0.416 e. The Hall–Kier alpha value is -3.01. The van der Waals surface area contributed by atoms with Crippen molar-refractivity contribution in [2.45, 2.75) is 12.1 Å². The number of carbonyl (C=O) groups excluding carboxylic acids is 1. The van der Waals surface area contributed by atoms with E-state index in [0.717, 1.165) is 12.1 Å². The van der Waals surface area contributed by atoms with E-state index in [0.29, 0.717) is 60.1 Å². The lowest BCUT2D eigenvalue weighted by Crippen LogP contribution is -2.47.